The number of alkyl halides is 2. The van der Waals surface area contributed by atoms with Crippen molar-refractivity contribution in [1.82, 2.24) is 10.2 Å². The molecule has 1 aliphatic heterocycles. The molecular formula is C20H21F2N3O5S. The number of benzene rings is 2. The maximum absolute atomic E-state index is 12.5. The van der Waals surface area contributed by atoms with Crippen LogP contribution in [-0.2, 0) is 21.2 Å². The fourth-order valence-electron chi connectivity index (χ4n) is 3.12. The minimum Gasteiger partial charge on any atom is -0.493 e. The highest BCUT2D eigenvalue weighted by Crippen LogP contribution is 2.29. The molecule has 0 aliphatic carbocycles. The molecule has 3 rings (SSSR count). The molecule has 2 aromatic carbocycles. The maximum atomic E-state index is 12.5. The molecule has 0 fully saturated rings. The molecule has 1 heterocycles. The summed E-state index contributed by atoms with van der Waals surface area (Å²) in [6.45, 7) is -2.84. The zero-order valence-electron chi connectivity index (χ0n) is 16.8. The van der Waals surface area contributed by atoms with Gasteiger partial charge in [0.15, 0.2) is 17.3 Å². The van der Waals surface area contributed by atoms with Gasteiger partial charge in [0.05, 0.1) is 13.7 Å². The lowest BCUT2D eigenvalue weighted by Gasteiger charge is -2.18. The molecule has 0 radical (unpaired) electrons. The van der Waals surface area contributed by atoms with Crippen LogP contribution in [0.25, 0.3) is 0 Å². The van der Waals surface area contributed by atoms with Crippen molar-refractivity contribution in [2.75, 3.05) is 27.2 Å². The van der Waals surface area contributed by atoms with E-state index in [4.69, 9.17) is 4.74 Å². The SMILES string of the molecule is COc1ccc(CCNC(=O)CN(C)C2=NS(=O)(=O)c3ccccc32)cc1OC(F)F. The van der Waals surface area contributed by atoms with E-state index in [1.807, 2.05) is 0 Å². The van der Waals surface area contributed by atoms with Gasteiger partial charge in [-0.25, -0.2) is 0 Å². The van der Waals surface area contributed by atoms with Crippen LogP contribution in [0.3, 0.4) is 0 Å². The Hall–Kier alpha value is -3.21. The Labute approximate surface area is 178 Å². The van der Waals surface area contributed by atoms with Gasteiger partial charge in [0.2, 0.25) is 5.91 Å². The highest BCUT2D eigenvalue weighted by Gasteiger charge is 2.30. The van der Waals surface area contributed by atoms with Crippen LogP contribution in [0.5, 0.6) is 11.5 Å². The van der Waals surface area contributed by atoms with Gasteiger partial charge in [0.25, 0.3) is 10.0 Å². The number of likely N-dealkylation sites (N-methyl/N-ethyl adjacent to an activating group) is 1. The van der Waals surface area contributed by atoms with Crippen LogP contribution in [0.15, 0.2) is 51.8 Å². The summed E-state index contributed by atoms with van der Waals surface area (Å²) in [4.78, 5) is 13.9. The van der Waals surface area contributed by atoms with Gasteiger partial charge < -0.3 is 19.7 Å². The Bertz CT molecular complexity index is 1110. The van der Waals surface area contributed by atoms with Crippen molar-refractivity contribution in [3.63, 3.8) is 0 Å². The van der Waals surface area contributed by atoms with Crippen LogP contribution >= 0.6 is 0 Å². The third kappa shape index (κ3) is 5.29. The molecule has 1 aliphatic rings. The quantitative estimate of drug-likeness (QED) is 0.657. The molecule has 0 aromatic heterocycles. The van der Waals surface area contributed by atoms with Crippen molar-refractivity contribution in [3.8, 4) is 11.5 Å². The molecule has 1 N–H and O–H groups in total. The van der Waals surface area contributed by atoms with Gasteiger partial charge in [-0.15, -0.1) is 4.40 Å². The maximum Gasteiger partial charge on any atom is 0.387 e. The van der Waals surface area contributed by atoms with E-state index in [1.165, 1.54) is 30.2 Å². The van der Waals surface area contributed by atoms with E-state index in [0.29, 0.717) is 17.5 Å². The van der Waals surface area contributed by atoms with Gasteiger partial charge in [-0.1, -0.05) is 18.2 Å². The summed E-state index contributed by atoms with van der Waals surface area (Å²) >= 11 is 0. The Balaban J connectivity index is 1.57. The lowest BCUT2D eigenvalue weighted by atomic mass is 10.1. The zero-order chi connectivity index (χ0) is 22.6. The molecule has 166 valence electrons. The van der Waals surface area contributed by atoms with Gasteiger partial charge in [0, 0.05) is 19.2 Å². The third-order valence-corrected chi connectivity index (χ3v) is 5.86. The molecule has 0 bridgehead atoms. The summed E-state index contributed by atoms with van der Waals surface area (Å²) in [6, 6.07) is 11.0. The van der Waals surface area contributed by atoms with Crippen molar-refractivity contribution in [1.29, 1.82) is 0 Å². The van der Waals surface area contributed by atoms with Crippen molar-refractivity contribution in [3.05, 3.63) is 53.6 Å². The second-order valence-corrected chi connectivity index (χ2v) is 8.28. The first kappa shape index (κ1) is 22.5. The predicted octanol–water partition coefficient (Wildman–Crippen LogP) is 2.04. The predicted molar refractivity (Wildman–Crippen MR) is 109 cm³/mol. The summed E-state index contributed by atoms with van der Waals surface area (Å²) < 4.78 is 62.5. The molecule has 2 aromatic rings. The second kappa shape index (κ2) is 9.29. The van der Waals surface area contributed by atoms with Crippen LogP contribution in [0.4, 0.5) is 8.78 Å². The van der Waals surface area contributed by atoms with Crippen molar-refractivity contribution in [2.24, 2.45) is 4.40 Å². The highest BCUT2D eigenvalue weighted by atomic mass is 32.2. The molecule has 0 unspecified atom stereocenters. The summed E-state index contributed by atoms with van der Waals surface area (Å²) in [7, 11) is -0.842. The normalized spacial score (nSPS) is 14.0. The number of carbonyl (C=O) groups is 1. The van der Waals surface area contributed by atoms with Crippen LogP contribution < -0.4 is 14.8 Å². The van der Waals surface area contributed by atoms with Crippen molar-refractivity contribution >= 4 is 21.8 Å². The second-order valence-electron chi connectivity index (χ2n) is 6.71. The summed E-state index contributed by atoms with van der Waals surface area (Å²) in [5, 5.41) is 2.71. The number of hydrogen-bond donors (Lipinski definition) is 1. The fourth-order valence-corrected chi connectivity index (χ4v) is 4.37. The average Bonchev–Trinajstić information content (AvgIpc) is 2.99. The molecule has 8 nitrogen and oxygen atoms in total. The first-order valence-corrected chi connectivity index (χ1v) is 10.7. The molecule has 11 heteroatoms. The van der Waals surface area contributed by atoms with E-state index in [1.54, 1.807) is 31.3 Å². The van der Waals surface area contributed by atoms with E-state index in [0.717, 1.165) is 0 Å². The van der Waals surface area contributed by atoms with Crippen molar-refractivity contribution < 1.29 is 31.5 Å². The molecule has 0 saturated heterocycles. The Morgan fingerprint density at radius 2 is 1.94 bits per heavy atom. The number of fused-ring (bicyclic) bond motifs is 1. The van der Waals surface area contributed by atoms with Gasteiger partial charge in [-0.2, -0.15) is 17.2 Å². The number of halogens is 2. The van der Waals surface area contributed by atoms with E-state index in [2.05, 4.69) is 14.5 Å². The molecular weight excluding hydrogens is 432 g/mol. The Kier molecular flexibility index (Phi) is 6.74. The van der Waals surface area contributed by atoms with Gasteiger partial charge in [0.1, 0.15) is 4.90 Å². The number of carbonyl (C=O) groups excluding carboxylic acids is 1. The average molecular weight is 453 g/mol. The number of nitrogens with one attached hydrogen (secondary N) is 1. The molecule has 31 heavy (non-hydrogen) atoms. The lowest BCUT2D eigenvalue weighted by Crippen LogP contribution is -2.39. The molecule has 0 saturated carbocycles. The number of hydrogen-bond acceptors (Lipinski definition) is 6. The Morgan fingerprint density at radius 3 is 2.65 bits per heavy atom. The highest BCUT2D eigenvalue weighted by molar-refractivity contribution is 7.90. The van der Waals surface area contributed by atoms with Gasteiger partial charge in [-0.05, 0) is 36.2 Å². The van der Waals surface area contributed by atoms with Crippen LogP contribution in [0.1, 0.15) is 11.1 Å². The van der Waals surface area contributed by atoms with Crippen LogP contribution in [0.2, 0.25) is 0 Å². The number of methoxy groups -OCH3 is 1. The van der Waals surface area contributed by atoms with E-state index >= 15 is 0 Å². The topological polar surface area (TPSA) is 97.3 Å². The standard InChI is InChI=1S/C20H21F2N3O5S/c1-25(19-14-5-3-4-6-17(14)31(27,28)24-19)12-18(26)23-10-9-13-7-8-15(29-2)16(11-13)30-20(21)22/h3-8,11,20H,9-10,12H2,1-2H3,(H,23,26). The van der Waals surface area contributed by atoms with Gasteiger partial charge in [-0.3, -0.25) is 4.79 Å². The first-order valence-electron chi connectivity index (χ1n) is 9.25. The number of sulfonamides is 1. The minimum absolute atomic E-state index is 0.0832. The number of ether oxygens (including phenoxy) is 2. The number of nitrogens with zero attached hydrogens (tertiary/aromatic N) is 2. The fraction of sp³-hybridized carbons (Fsp3) is 0.300. The molecule has 0 spiro atoms. The summed E-state index contributed by atoms with van der Waals surface area (Å²) in [5.74, 6) is -0.0401. The van der Waals surface area contributed by atoms with Crippen molar-refractivity contribution in [2.45, 2.75) is 17.9 Å². The van der Waals surface area contributed by atoms with E-state index in [9.17, 15) is 22.0 Å². The Morgan fingerprint density at radius 1 is 1.19 bits per heavy atom. The minimum atomic E-state index is -3.77. The van der Waals surface area contributed by atoms with E-state index < -0.39 is 16.6 Å². The first-order chi connectivity index (χ1) is 14.7. The number of rotatable bonds is 8. The summed E-state index contributed by atoms with van der Waals surface area (Å²) in [5.41, 5.74) is 1.12. The van der Waals surface area contributed by atoms with E-state index in [-0.39, 0.29) is 41.2 Å². The number of amidine groups is 1. The third-order valence-electron chi connectivity index (χ3n) is 4.53. The smallest absolute Gasteiger partial charge is 0.387 e. The monoisotopic (exact) mass is 453 g/mol. The van der Waals surface area contributed by atoms with Crippen LogP contribution in [-0.4, -0.2) is 58.9 Å². The van der Waals surface area contributed by atoms with Crippen LogP contribution in [0, 0.1) is 0 Å². The zero-order valence-corrected chi connectivity index (χ0v) is 17.7. The molecule has 1 amide bonds. The lowest BCUT2D eigenvalue weighted by molar-refractivity contribution is -0.121. The largest absolute Gasteiger partial charge is 0.493 e. The number of amides is 1. The summed E-state index contributed by atoms with van der Waals surface area (Å²) in [6.07, 6.45) is 0.372. The molecule has 0 atom stereocenters. The van der Waals surface area contributed by atoms with Gasteiger partial charge >= 0.3 is 6.61 Å².